The van der Waals surface area contributed by atoms with Crippen molar-refractivity contribution >= 4 is 0 Å². The average molecular weight is 381 g/mol. The Balaban J connectivity index is 2.99. The molecule has 0 bridgehead atoms. The van der Waals surface area contributed by atoms with E-state index in [1.54, 1.807) is 0 Å². The summed E-state index contributed by atoms with van der Waals surface area (Å²) in [4.78, 5) is 0. The highest BCUT2D eigenvalue weighted by Crippen LogP contribution is 2.13. The summed E-state index contributed by atoms with van der Waals surface area (Å²) in [5, 5.41) is 4.72. The van der Waals surface area contributed by atoms with E-state index in [0.29, 0.717) is 0 Å². The molecule has 0 aliphatic carbocycles. The van der Waals surface area contributed by atoms with Gasteiger partial charge < -0.3 is 0 Å². The van der Waals surface area contributed by atoms with Crippen molar-refractivity contribution in [2.45, 2.75) is 143 Å². The van der Waals surface area contributed by atoms with Gasteiger partial charge >= 0.3 is 0 Å². The highest BCUT2D eigenvalue weighted by molar-refractivity contribution is 4.53. The van der Waals surface area contributed by atoms with E-state index in [1.807, 2.05) is 0 Å². The van der Waals surface area contributed by atoms with Crippen LogP contribution in [0.3, 0.4) is 0 Å². The maximum absolute atomic E-state index is 4.72. The first-order valence-corrected chi connectivity index (χ1v) is 12.8. The Labute approximate surface area is 173 Å². The van der Waals surface area contributed by atoms with Crippen LogP contribution in [0.15, 0.2) is 0 Å². The van der Waals surface area contributed by atoms with Gasteiger partial charge in [0.05, 0.1) is 0 Å². The molecule has 0 aromatic carbocycles. The van der Waals surface area contributed by atoms with Crippen molar-refractivity contribution in [3.8, 4) is 0 Å². The lowest BCUT2D eigenvalue weighted by molar-refractivity contribution is 0.498. The van der Waals surface area contributed by atoms with Crippen molar-refractivity contribution in [2.75, 3.05) is 13.1 Å². The first kappa shape index (κ1) is 27.0. The lowest BCUT2D eigenvalue weighted by Gasteiger charge is -2.05. The topological polar surface area (TPSA) is 14.1 Å². The van der Waals surface area contributed by atoms with Gasteiger partial charge in [0.2, 0.25) is 0 Å². The van der Waals surface area contributed by atoms with Crippen LogP contribution in [0.4, 0.5) is 0 Å². The molecule has 0 amide bonds. The van der Waals surface area contributed by atoms with Gasteiger partial charge in [-0.05, 0) is 24.7 Å². The van der Waals surface area contributed by atoms with Crippen LogP contribution in [0, 0.1) is 11.8 Å². The molecule has 1 nitrogen and oxygen atoms in total. The molecule has 1 radical (unpaired) electrons. The minimum absolute atomic E-state index is 0.887. The van der Waals surface area contributed by atoms with Gasteiger partial charge in [-0.2, -0.15) is 0 Å². The van der Waals surface area contributed by atoms with E-state index in [0.717, 1.165) is 24.9 Å². The average Bonchev–Trinajstić information content (AvgIpc) is 2.62. The van der Waals surface area contributed by atoms with E-state index in [9.17, 15) is 0 Å². The first-order chi connectivity index (χ1) is 13.1. The fraction of sp³-hybridized carbons (Fsp3) is 1.00. The molecule has 163 valence electrons. The van der Waals surface area contributed by atoms with Crippen molar-refractivity contribution in [3.63, 3.8) is 0 Å². The van der Waals surface area contributed by atoms with E-state index < -0.39 is 0 Å². The normalized spacial score (nSPS) is 11.8. The molecule has 0 fully saturated rings. The summed E-state index contributed by atoms with van der Waals surface area (Å²) in [6.45, 7) is 11.6. The van der Waals surface area contributed by atoms with Gasteiger partial charge in [0.15, 0.2) is 0 Å². The summed E-state index contributed by atoms with van der Waals surface area (Å²) in [7, 11) is 0. The van der Waals surface area contributed by atoms with Gasteiger partial charge in [0.25, 0.3) is 0 Å². The van der Waals surface area contributed by atoms with Crippen molar-refractivity contribution in [3.05, 3.63) is 0 Å². The summed E-state index contributed by atoms with van der Waals surface area (Å²) in [6, 6.07) is 0. The van der Waals surface area contributed by atoms with Crippen LogP contribution in [0.5, 0.6) is 0 Å². The van der Waals surface area contributed by atoms with E-state index in [4.69, 9.17) is 5.32 Å². The molecule has 0 aliphatic heterocycles. The Hall–Kier alpha value is -0.0400. The highest BCUT2D eigenvalue weighted by Gasteiger charge is 1.97. The Morgan fingerprint density at radius 2 is 0.630 bits per heavy atom. The molecule has 0 saturated heterocycles. The first-order valence-electron chi connectivity index (χ1n) is 12.8. The largest absolute Gasteiger partial charge is 0.242 e. The summed E-state index contributed by atoms with van der Waals surface area (Å²) >= 11 is 0. The standard InChI is InChI=1S/C26H54N/c1-25(2)21-17-13-9-5-7-11-15-19-23-27-24-20-16-12-8-6-10-14-18-22-26(3)4/h25-26H,5-24H2,1-4H3. The fourth-order valence-electron chi connectivity index (χ4n) is 3.79. The van der Waals surface area contributed by atoms with Gasteiger partial charge in [-0.1, -0.05) is 130 Å². The van der Waals surface area contributed by atoms with Crippen LogP contribution in [0.1, 0.15) is 143 Å². The SMILES string of the molecule is CC(C)CCCCCCCCCC[N]CCCCCCCCCCC(C)C. The molecule has 0 aromatic rings. The number of unbranched alkanes of at least 4 members (excludes halogenated alkanes) is 14. The molecular weight excluding hydrogens is 326 g/mol. The number of hydrogen-bond donors (Lipinski definition) is 0. The summed E-state index contributed by atoms with van der Waals surface area (Å²) in [6.07, 6.45) is 25.6. The quantitative estimate of drug-likeness (QED) is 0.166. The second kappa shape index (κ2) is 22.3. The number of rotatable bonds is 22. The van der Waals surface area contributed by atoms with Gasteiger partial charge in [0.1, 0.15) is 0 Å². The van der Waals surface area contributed by atoms with Crippen LogP contribution >= 0.6 is 0 Å². The smallest absolute Gasteiger partial charge is 0.0133 e. The molecule has 27 heavy (non-hydrogen) atoms. The molecule has 0 aromatic heterocycles. The van der Waals surface area contributed by atoms with Gasteiger partial charge in [-0.25, -0.2) is 5.32 Å². The molecule has 0 saturated carbocycles. The second-order valence-electron chi connectivity index (χ2n) is 9.69. The third-order valence-corrected chi connectivity index (χ3v) is 5.70. The van der Waals surface area contributed by atoms with Crippen molar-refractivity contribution < 1.29 is 0 Å². The fourth-order valence-corrected chi connectivity index (χ4v) is 3.79. The molecule has 0 spiro atoms. The monoisotopic (exact) mass is 380 g/mol. The Bertz CT molecular complexity index is 233. The zero-order valence-corrected chi connectivity index (χ0v) is 19.7. The number of nitrogens with zero attached hydrogens (tertiary/aromatic N) is 1. The van der Waals surface area contributed by atoms with Crippen molar-refractivity contribution in [2.24, 2.45) is 11.8 Å². The zero-order chi connectivity index (χ0) is 20.0. The lowest BCUT2D eigenvalue weighted by Crippen LogP contribution is -2.08. The molecule has 0 aliphatic rings. The molecular formula is C26H54N. The molecule has 0 rings (SSSR count). The summed E-state index contributed by atoms with van der Waals surface area (Å²) in [5.74, 6) is 1.77. The maximum Gasteiger partial charge on any atom is 0.0133 e. The summed E-state index contributed by atoms with van der Waals surface area (Å²) < 4.78 is 0. The zero-order valence-electron chi connectivity index (χ0n) is 19.7. The van der Waals surface area contributed by atoms with E-state index >= 15 is 0 Å². The van der Waals surface area contributed by atoms with Crippen molar-refractivity contribution in [1.29, 1.82) is 0 Å². The van der Waals surface area contributed by atoms with Crippen LogP contribution in [-0.2, 0) is 0 Å². The van der Waals surface area contributed by atoms with E-state index in [2.05, 4.69) is 27.7 Å². The van der Waals surface area contributed by atoms with Gasteiger partial charge in [-0.3, -0.25) is 0 Å². The molecule has 0 heterocycles. The van der Waals surface area contributed by atoms with E-state index in [1.165, 1.54) is 116 Å². The third kappa shape index (κ3) is 26.0. The minimum atomic E-state index is 0.887. The van der Waals surface area contributed by atoms with Crippen LogP contribution in [-0.4, -0.2) is 13.1 Å². The predicted molar refractivity (Wildman–Crippen MR) is 125 cm³/mol. The van der Waals surface area contributed by atoms with Gasteiger partial charge in [-0.15, -0.1) is 0 Å². The van der Waals surface area contributed by atoms with Crippen LogP contribution in [0.25, 0.3) is 0 Å². The maximum atomic E-state index is 4.72. The molecule has 0 atom stereocenters. The molecule has 1 heteroatoms. The Morgan fingerprint density at radius 3 is 0.926 bits per heavy atom. The second-order valence-corrected chi connectivity index (χ2v) is 9.69. The minimum Gasteiger partial charge on any atom is -0.242 e. The highest BCUT2D eigenvalue weighted by atomic mass is 14.8. The lowest BCUT2D eigenvalue weighted by atomic mass is 10.0. The Kier molecular flexibility index (Phi) is 22.2. The van der Waals surface area contributed by atoms with E-state index in [-0.39, 0.29) is 0 Å². The number of hydrogen-bond acceptors (Lipinski definition) is 0. The predicted octanol–water partition coefficient (Wildman–Crippen LogP) is 8.92. The van der Waals surface area contributed by atoms with Crippen LogP contribution < -0.4 is 5.32 Å². The third-order valence-electron chi connectivity index (χ3n) is 5.70. The molecule has 0 unspecified atom stereocenters. The molecule has 0 N–H and O–H groups in total. The Morgan fingerprint density at radius 1 is 0.370 bits per heavy atom. The summed E-state index contributed by atoms with van der Waals surface area (Å²) in [5.41, 5.74) is 0. The van der Waals surface area contributed by atoms with Crippen LogP contribution in [0.2, 0.25) is 0 Å². The van der Waals surface area contributed by atoms with Crippen molar-refractivity contribution in [1.82, 2.24) is 5.32 Å². The van der Waals surface area contributed by atoms with Gasteiger partial charge in [0, 0.05) is 13.1 Å².